The minimum absolute atomic E-state index is 0.148. The van der Waals surface area contributed by atoms with Crippen molar-refractivity contribution in [3.8, 4) is 23.0 Å². The maximum absolute atomic E-state index is 10.2. The van der Waals surface area contributed by atoms with E-state index in [1.165, 1.54) is 5.56 Å². The molecule has 0 aliphatic rings. The van der Waals surface area contributed by atoms with E-state index in [9.17, 15) is 5.11 Å². The number of aliphatic hydroxyl groups is 1. The highest BCUT2D eigenvalue weighted by atomic mass is 16.3. The van der Waals surface area contributed by atoms with E-state index in [-0.39, 0.29) is 5.41 Å². The lowest BCUT2D eigenvalue weighted by atomic mass is 9.84. The van der Waals surface area contributed by atoms with Crippen LogP contribution < -0.4 is 0 Å². The molecule has 0 fully saturated rings. The molecular formula is C22H24O. The number of hydrogen-bond acceptors (Lipinski definition) is 1. The zero-order valence-corrected chi connectivity index (χ0v) is 14.4. The summed E-state index contributed by atoms with van der Waals surface area (Å²) in [5.41, 5.74) is 4.89. The van der Waals surface area contributed by atoms with E-state index in [2.05, 4.69) is 62.6 Å². The summed E-state index contributed by atoms with van der Waals surface area (Å²) in [5.74, 6) is 6.24. The smallest absolute Gasteiger partial charge is 0.0995 e. The molecule has 0 radical (unpaired) electrons. The standard InChI is InChI=1S/C22H24O/c1-6-14-22(4,5)20-12-10-17(11-13-20)18-8-7-9-19(15-18)21(23)16(2)3/h7-13,15,21,23H,2H2,1,3-5H3. The third-order valence-corrected chi connectivity index (χ3v) is 4.05. The normalized spacial score (nSPS) is 12.2. The van der Waals surface area contributed by atoms with E-state index < -0.39 is 6.10 Å². The fraction of sp³-hybridized carbons (Fsp3) is 0.273. The molecule has 0 saturated heterocycles. The Labute approximate surface area is 139 Å². The van der Waals surface area contributed by atoms with E-state index in [4.69, 9.17) is 0 Å². The van der Waals surface area contributed by atoms with Crippen LogP contribution in [0.3, 0.4) is 0 Å². The SMILES string of the molecule is C=C(C)C(O)c1cccc(-c2ccc(C(C)(C)C#CC)cc2)c1. The summed E-state index contributed by atoms with van der Waals surface area (Å²) >= 11 is 0. The van der Waals surface area contributed by atoms with Crippen molar-refractivity contribution < 1.29 is 5.11 Å². The molecule has 1 N–H and O–H groups in total. The molecule has 0 bridgehead atoms. The fourth-order valence-electron chi connectivity index (χ4n) is 2.64. The number of hydrogen-bond donors (Lipinski definition) is 1. The Balaban J connectivity index is 2.35. The zero-order chi connectivity index (χ0) is 17.0. The summed E-state index contributed by atoms with van der Waals surface area (Å²) in [4.78, 5) is 0. The first-order chi connectivity index (χ1) is 10.8. The molecule has 118 valence electrons. The summed E-state index contributed by atoms with van der Waals surface area (Å²) < 4.78 is 0. The van der Waals surface area contributed by atoms with Crippen molar-refractivity contribution in [2.75, 3.05) is 0 Å². The van der Waals surface area contributed by atoms with Crippen LogP contribution in [0.15, 0.2) is 60.7 Å². The summed E-state index contributed by atoms with van der Waals surface area (Å²) in [5, 5.41) is 10.2. The lowest BCUT2D eigenvalue weighted by molar-refractivity contribution is 0.216. The molecule has 2 rings (SSSR count). The predicted molar refractivity (Wildman–Crippen MR) is 98.1 cm³/mol. The van der Waals surface area contributed by atoms with E-state index in [0.717, 1.165) is 22.3 Å². The van der Waals surface area contributed by atoms with Gasteiger partial charge in [-0.25, -0.2) is 0 Å². The van der Waals surface area contributed by atoms with Gasteiger partial charge in [0.15, 0.2) is 0 Å². The lowest BCUT2D eigenvalue weighted by Gasteiger charge is -2.19. The molecule has 0 spiro atoms. The Hall–Kier alpha value is -2.30. The fourth-order valence-corrected chi connectivity index (χ4v) is 2.64. The second kappa shape index (κ2) is 6.86. The molecule has 0 aromatic heterocycles. The van der Waals surface area contributed by atoms with E-state index in [1.807, 2.05) is 32.0 Å². The third-order valence-electron chi connectivity index (χ3n) is 4.05. The zero-order valence-electron chi connectivity index (χ0n) is 14.4. The molecule has 1 atom stereocenters. The van der Waals surface area contributed by atoms with Crippen molar-refractivity contribution in [1.82, 2.24) is 0 Å². The van der Waals surface area contributed by atoms with Gasteiger partial charge >= 0.3 is 0 Å². The number of benzene rings is 2. The summed E-state index contributed by atoms with van der Waals surface area (Å²) in [6.45, 7) is 11.8. The van der Waals surface area contributed by atoms with Crippen LogP contribution in [-0.4, -0.2) is 5.11 Å². The van der Waals surface area contributed by atoms with Gasteiger partial charge in [-0.05, 0) is 61.6 Å². The molecule has 0 heterocycles. The molecule has 1 nitrogen and oxygen atoms in total. The van der Waals surface area contributed by atoms with E-state index in [1.54, 1.807) is 0 Å². The first-order valence-electron chi connectivity index (χ1n) is 7.83. The number of rotatable bonds is 4. The van der Waals surface area contributed by atoms with Crippen LogP contribution in [0.4, 0.5) is 0 Å². The van der Waals surface area contributed by atoms with E-state index >= 15 is 0 Å². The van der Waals surface area contributed by atoms with Gasteiger partial charge in [0.2, 0.25) is 0 Å². The van der Waals surface area contributed by atoms with Crippen molar-refractivity contribution in [3.05, 3.63) is 71.8 Å². The van der Waals surface area contributed by atoms with Crippen LogP contribution in [0.25, 0.3) is 11.1 Å². The van der Waals surface area contributed by atoms with Crippen LogP contribution in [0.2, 0.25) is 0 Å². The largest absolute Gasteiger partial charge is 0.384 e. The van der Waals surface area contributed by atoms with Gasteiger partial charge in [0.05, 0.1) is 11.5 Å². The first kappa shape index (κ1) is 17.1. The Morgan fingerprint density at radius 2 is 1.74 bits per heavy atom. The maximum atomic E-state index is 10.2. The highest BCUT2D eigenvalue weighted by Crippen LogP contribution is 2.28. The molecule has 0 aliphatic carbocycles. The van der Waals surface area contributed by atoms with Crippen molar-refractivity contribution >= 4 is 0 Å². The molecule has 1 heteroatoms. The van der Waals surface area contributed by atoms with Gasteiger partial charge in [0, 0.05) is 0 Å². The molecule has 1 unspecified atom stereocenters. The van der Waals surface area contributed by atoms with Gasteiger partial charge in [-0.2, -0.15) is 0 Å². The minimum Gasteiger partial charge on any atom is -0.384 e. The second-order valence-corrected chi connectivity index (χ2v) is 6.45. The Morgan fingerprint density at radius 3 is 2.30 bits per heavy atom. The topological polar surface area (TPSA) is 20.2 Å². The molecule has 2 aromatic carbocycles. The Bertz CT molecular complexity index is 755. The van der Waals surface area contributed by atoms with Crippen molar-refractivity contribution in [2.24, 2.45) is 0 Å². The van der Waals surface area contributed by atoms with Crippen LogP contribution in [0.1, 0.15) is 44.9 Å². The Kier molecular flexibility index (Phi) is 5.08. The van der Waals surface area contributed by atoms with Gasteiger partial charge < -0.3 is 5.11 Å². The lowest BCUT2D eigenvalue weighted by Crippen LogP contribution is -2.13. The summed E-state index contributed by atoms with van der Waals surface area (Å²) in [7, 11) is 0. The van der Waals surface area contributed by atoms with Crippen molar-refractivity contribution in [2.45, 2.75) is 39.2 Å². The van der Waals surface area contributed by atoms with Crippen molar-refractivity contribution in [3.63, 3.8) is 0 Å². The first-order valence-corrected chi connectivity index (χ1v) is 7.83. The molecule has 23 heavy (non-hydrogen) atoms. The summed E-state index contributed by atoms with van der Waals surface area (Å²) in [6, 6.07) is 16.4. The Morgan fingerprint density at radius 1 is 1.09 bits per heavy atom. The van der Waals surface area contributed by atoms with Gasteiger partial charge in [-0.3, -0.25) is 0 Å². The van der Waals surface area contributed by atoms with Crippen LogP contribution in [-0.2, 0) is 5.41 Å². The number of aliphatic hydroxyl groups excluding tert-OH is 1. The molecule has 0 amide bonds. The summed E-state index contributed by atoms with van der Waals surface area (Å²) in [6.07, 6.45) is -0.618. The second-order valence-electron chi connectivity index (χ2n) is 6.45. The highest BCUT2D eigenvalue weighted by molar-refractivity contribution is 5.65. The molecule has 2 aromatic rings. The van der Waals surface area contributed by atoms with Crippen LogP contribution >= 0.6 is 0 Å². The molecule has 0 saturated carbocycles. The van der Waals surface area contributed by atoms with Gasteiger partial charge in [-0.1, -0.05) is 55.0 Å². The average Bonchev–Trinajstić information content (AvgIpc) is 2.54. The average molecular weight is 304 g/mol. The van der Waals surface area contributed by atoms with Gasteiger partial charge in [0.25, 0.3) is 0 Å². The predicted octanol–water partition coefficient (Wildman–Crippen LogP) is 5.26. The van der Waals surface area contributed by atoms with Gasteiger partial charge in [0.1, 0.15) is 0 Å². The minimum atomic E-state index is -0.618. The van der Waals surface area contributed by atoms with Crippen molar-refractivity contribution in [1.29, 1.82) is 0 Å². The van der Waals surface area contributed by atoms with Crippen LogP contribution in [0, 0.1) is 11.8 Å². The monoisotopic (exact) mass is 304 g/mol. The third kappa shape index (κ3) is 3.92. The maximum Gasteiger partial charge on any atom is 0.0995 e. The molecular weight excluding hydrogens is 280 g/mol. The quantitative estimate of drug-likeness (QED) is 0.603. The molecule has 0 aliphatic heterocycles. The van der Waals surface area contributed by atoms with E-state index in [0.29, 0.717) is 0 Å². The van der Waals surface area contributed by atoms with Gasteiger partial charge in [-0.15, -0.1) is 5.92 Å². The van der Waals surface area contributed by atoms with Crippen LogP contribution in [0.5, 0.6) is 0 Å². The highest BCUT2D eigenvalue weighted by Gasteiger charge is 2.17.